The third-order valence-electron chi connectivity index (χ3n) is 2.38. The molecule has 0 aliphatic heterocycles. The van der Waals surface area contributed by atoms with Gasteiger partial charge in [-0.25, -0.2) is 13.1 Å². The fourth-order valence-corrected chi connectivity index (χ4v) is 4.86. The maximum atomic E-state index is 12.2. The summed E-state index contributed by atoms with van der Waals surface area (Å²) in [5.41, 5.74) is 0. The summed E-state index contributed by atoms with van der Waals surface area (Å²) in [6.45, 7) is 7.59. The van der Waals surface area contributed by atoms with E-state index in [4.69, 9.17) is 0 Å². The highest BCUT2D eigenvalue weighted by atomic mass is 32.2. The lowest BCUT2D eigenvalue weighted by atomic mass is 10.4. The monoisotopic (exact) mass is 322 g/mol. The lowest BCUT2D eigenvalue weighted by Gasteiger charge is -2.12. The molecule has 7 heteroatoms. The minimum atomic E-state index is -3.37. The Labute approximate surface area is 124 Å². The topological polar surface area (TPSA) is 58.2 Å². The minimum absolute atomic E-state index is 0.0470. The summed E-state index contributed by atoms with van der Waals surface area (Å²) in [4.78, 5) is 1.04. The standard InChI is InChI=1S/C12H22N2O2S3/c1-4-13-8-11-6-7-12(18-11)19(15,16)14-10(3)9-17-5-2/h6-7,10,13-14H,4-5,8-9H2,1-3H3. The van der Waals surface area contributed by atoms with Crippen molar-refractivity contribution in [3.8, 4) is 0 Å². The molecule has 1 aromatic heterocycles. The van der Waals surface area contributed by atoms with E-state index in [9.17, 15) is 8.42 Å². The zero-order valence-corrected chi connectivity index (χ0v) is 14.1. The molecule has 4 nitrogen and oxygen atoms in total. The maximum absolute atomic E-state index is 12.2. The number of thiophene rings is 1. The molecule has 0 saturated heterocycles. The zero-order valence-electron chi connectivity index (χ0n) is 11.6. The molecule has 0 bridgehead atoms. The molecule has 0 radical (unpaired) electrons. The summed E-state index contributed by atoms with van der Waals surface area (Å²) in [5, 5.41) is 3.19. The second-order valence-corrected chi connectivity index (χ2v) is 8.61. The van der Waals surface area contributed by atoms with Crippen molar-refractivity contribution in [1.29, 1.82) is 0 Å². The van der Waals surface area contributed by atoms with E-state index in [2.05, 4.69) is 17.0 Å². The first-order valence-electron chi connectivity index (χ1n) is 6.39. The van der Waals surface area contributed by atoms with Gasteiger partial charge in [-0.2, -0.15) is 11.8 Å². The number of hydrogen-bond acceptors (Lipinski definition) is 5. The lowest BCUT2D eigenvalue weighted by Crippen LogP contribution is -2.33. The second-order valence-electron chi connectivity index (χ2n) is 4.18. The lowest BCUT2D eigenvalue weighted by molar-refractivity contribution is 0.573. The zero-order chi connectivity index (χ0) is 14.3. The normalized spacial score (nSPS) is 13.6. The number of sulfonamides is 1. The van der Waals surface area contributed by atoms with Crippen molar-refractivity contribution in [3.63, 3.8) is 0 Å². The largest absolute Gasteiger partial charge is 0.312 e. The van der Waals surface area contributed by atoms with Crippen LogP contribution in [0.3, 0.4) is 0 Å². The van der Waals surface area contributed by atoms with Crippen molar-refractivity contribution in [2.45, 2.75) is 37.6 Å². The molecule has 1 rings (SSSR count). The van der Waals surface area contributed by atoms with Gasteiger partial charge in [0.05, 0.1) is 0 Å². The van der Waals surface area contributed by atoms with E-state index < -0.39 is 10.0 Å². The van der Waals surface area contributed by atoms with E-state index in [1.807, 2.05) is 19.9 Å². The van der Waals surface area contributed by atoms with Gasteiger partial charge in [0, 0.05) is 23.2 Å². The Morgan fingerprint density at radius 3 is 2.74 bits per heavy atom. The van der Waals surface area contributed by atoms with Crippen LogP contribution >= 0.6 is 23.1 Å². The first-order chi connectivity index (χ1) is 8.99. The van der Waals surface area contributed by atoms with Crippen LogP contribution in [0.5, 0.6) is 0 Å². The van der Waals surface area contributed by atoms with Gasteiger partial charge in [0.25, 0.3) is 0 Å². The van der Waals surface area contributed by atoms with Gasteiger partial charge in [-0.05, 0) is 31.4 Å². The Bertz CT molecular complexity index is 471. The SMILES string of the molecule is CCNCc1ccc(S(=O)(=O)NC(C)CSCC)s1. The van der Waals surface area contributed by atoms with Crippen LogP contribution in [-0.2, 0) is 16.6 Å². The van der Waals surface area contributed by atoms with Gasteiger partial charge in [0.15, 0.2) is 0 Å². The van der Waals surface area contributed by atoms with Crippen LogP contribution in [0.2, 0.25) is 0 Å². The molecule has 0 fully saturated rings. The highest BCUT2D eigenvalue weighted by Gasteiger charge is 2.19. The molecule has 0 saturated carbocycles. The molecule has 1 atom stereocenters. The van der Waals surface area contributed by atoms with E-state index in [-0.39, 0.29) is 6.04 Å². The minimum Gasteiger partial charge on any atom is -0.312 e. The summed E-state index contributed by atoms with van der Waals surface area (Å²) in [7, 11) is -3.37. The molecule has 0 spiro atoms. The summed E-state index contributed by atoms with van der Waals surface area (Å²) in [5.74, 6) is 1.79. The van der Waals surface area contributed by atoms with E-state index in [0.717, 1.165) is 29.5 Å². The fourth-order valence-electron chi connectivity index (χ4n) is 1.50. The molecular weight excluding hydrogens is 300 g/mol. The van der Waals surface area contributed by atoms with Crippen molar-refractivity contribution in [2.24, 2.45) is 0 Å². The van der Waals surface area contributed by atoms with Crippen LogP contribution in [-0.4, -0.2) is 32.5 Å². The number of hydrogen-bond donors (Lipinski definition) is 2. The molecule has 19 heavy (non-hydrogen) atoms. The summed E-state index contributed by atoms with van der Waals surface area (Å²) >= 11 is 3.06. The van der Waals surface area contributed by atoms with E-state index >= 15 is 0 Å². The molecule has 0 aromatic carbocycles. The third kappa shape index (κ3) is 5.83. The van der Waals surface area contributed by atoms with Gasteiger partial charge in [0.1, 0.15) is 4.21 Å². The molecule has 110 valence electrons. The molecular formula is C12H22N2O2S3. The average molecular weight is 323 g/mol. The molecule has 0 amide bonds. The van der Waals surface area contributed by atoms with Crippen molar-refractivity contribution < 1.29 is 8.42 Å². The van der Waals surface area contributed by atoms with Crippen molar-refractivity contribution in [1.82, 2.24) is 10.0 Å². The number of thioether (sulfide) groups is 1. The smallest absolute Gasteiger partial charge is 0.250 e. The average Bonchev–Trinajstić information content (AvgIpc) is 2.83. The van der Waals surface area contributed by atoms with Crippen LogP contribution in [0.25, 0.3) is 0 Å². The van der Waals surface area contributed by atoms with Crippen LogP contribution < -0.4 is 10.0 Å². The van der Waals surface area contributed by atoms with Gasteiger partial charge in [-0.1, -0.05) is 13.8 Å². The van der Waals surface area contributed by atoms with Crippen LogP contribution in [0.1, 0.15) is 25.6 Å². The predicted molar refractivity (Wildman–Crippen MR) is 84.5 cm³/mol. The second kappa shape index (κ2) is 8.26. The van der Waals surface area contributed by atoms with Crippen LogP contribution in [0.4, 0.5) is 0 Å². The van der Waals surface area contributed by atoms with Gasteiger partial charge in [-0.3, -0.25) is 0 Å². The highest BCUT2D eigenvalue weighted by Crippen LogP contribution is 2.21. The predicted octanol–water partition coefficient (Wildman–Crippen LogP) is 2.28. The Kier molecular flexibility index (Phi) is 7.38. The third-order valence-corrected chi connectivity index (χ3v) is 6.69. The summed E-state index contributed by atoms with van der Waals surface area (Å²) < 4.78 is 27.4. The number of rotatable bonds is 9. The van der Waals surface area contributed by atoms with Crippen molar-refractivity contribution >= 4 is 33.1 Å². The molecule has 2 N–H and O–H groups in total. The molecule has 1 unspecified atom stereocenters. The molecule has 1 heterocycles. The summed E-state index contributed by atoms with van der Waals surface area (Å²) in [6.07, 6.45) is 0. The molecule has 1 aromatic rings. The van der Waals surface area contributed by atoms with Crippen LogP contribution in [0, 0.1) is 0 Å². The first-order valence-corrected chi connectivity index (χ1v) is 9.84. The highest BCUT2D eigenvalue weighted by molar-refractivity contribution is 7.99. The van der Waals surface area contributed by atoms with Gasteiger partial charge < -0.3 is 5.32 Å². The Morgan fingerprint density at radius 2 is 2.11 bits per heavy atom. The fraction of sp³-hybridized carbons (Fsp3) is 0.667. The molecule has 0 aliphatic carbocycles. The maximum Gasteiger partial charge on any atom is 0.250 e. The quantitative estimate of drug-likeness (QED) is 0.732. The Hall–Kier alpha value is -0.0800. The van der Waals surface area contributed by atoms with Gasteiger partial charge in [-0.15, -0.1) is 11.3 Å². The Balaban J connectivity index is 2.63. The van der Waals surface area contributed by atoms with Crippen molar-refractivity contribution in [3.05, 3.63) is 17.0 Å². The molecule has 0 aliphatic rings. The van der Waals surface area contributed by atoms with E-state index in [1.165, 1.54) is 11.3 Å². The number of nitrogens with one attached hydrogen (secondary N) is 2. The van der Waals surface area contributed by atoms with Gasteiger partial charge in [0.2, 0.25) is 10.0 Å². The van der Waals surface area contributed by atoms with E-state index in [1.54, 1.807) is 17.8 Å². The van der Waals surface area contributed by atoms with Crippen molar-refractivity contribution in [2.75, 3.05) is 18.1 Å². The van der Waals surface area contributed by atoms with Crippen LogP contribution in [0.15, 0.2) is 16.3 Å². The van der Waals surface area contributed by atoms with Gasteiger partial charge >= 0.3 is 0 Å². The Morgan fingerprint density at radius 1 is 1.37 bits per heavy atom. The first kappa shape index (κ1) is 17.0. The summed E-state index contributed by atoms with van der Waals surface area (Å²) in [6, 6.07) is 3.50. The van der Waals surface area contributed by atoms with E-state index in [0.29, 0.717) is 4.21 Å².